The van der Waals surface area contributed by atoms with Gasteiger partial charge in [-0.3, -0.25) is 0 Å². The molecule has 1 rings (SSSR count). The van der Waals surface area contributed by atoms with E-state index in [2.05, 4.69) is 5.32 Å². The molecule has 0 heterocycles. The predicted octanol–water partition coefficient (Wildman–Crippen LogP) is 3.25. The van der Waals surface area contributed by atoms with Gasteiger partial charge in [0.15, 0.2) is 0 Å². The molecule has 0 unspecified atom stereocenters. The van der Waals surface area contributed by atoms with E-state index in [9.17, 15) is 9.18 Å². The number of amides is 1. The van der Waals surface area contributed by atoms with E-state index in [4.69, 9.17) is 10.5 Å². The first-order chi connectivity index (χ1) is 8.98. The fourth-order valence-corrected chi connectivity index (χ4v) is 1.83. The number of carbonyl (C=O) groups excluding carboxylic acids is 1. The highest BCUT2D eigenvalue weighted by Gasteiger charge is 2.25. The number of halogens is 1. The largest absolute Gasteiger partial charge is 0.444 e. The van der Waals surface area contributed by atoms with Gasteiger partial charge in [0.1, 0.15) is 11.4 Å². The Bertz CT molecular complexity index is 493. The highest BCUT2D eigenvalue weighted by atomic mass is 19.1. The van der Waals surface area contributed by atoms with Crippen LogP contribution >= 0.6 is 0 Å². The van der Waals surface area contributed by atoms with Crippen molar-refractivity contribution in [3.63, 3.8) is 0 Å². The normalized spacial score (nSPS) is 12.1. The first-order valence-electron chi connectivity index (χ1n) is 6.54. The predicted molar refractivity (Wildman–Crippen MR) is 78.0 cm³/mol. The molecule has 0 saturated heterocycles. The fourth-order valence-electron chi connectivity index (χ4n) is 1.83. The summed E-state index contributed by atoms with van der Waals surface area (Å²) in [7, 11) is 0. The van der Waals surface area contributed by atoms with Crippen molar-refractivity contribution in [3.05, 3.63) is 29.6 Å². The van der Waals surface area contributed by atoms with E-state index in [-0.39, 0.29) is 5.82 Å². The Morgan fingerprint density at radius 1 is 1.30 bits per heavy atom. The van der Waals surface area contributed by atoms with Crippen molar-refractivity contribution in [1.82, 2.24) is 5.32 Å². The van der Waals surface area contributed by atoms with Gasteiger partial charge in [-0.15, -0.1) is 0 Å². The summed E-state index contributed by atoms with van der Waals surface area (Å²) in [5, 5.41) is 2.79. The minimum Gasteiger partial charge on any atom is -0.444 e. The zero-order chi connectivity index (χ0) is 15.6. The Morgan fingerprint density at radius 3 is 2.40 bits per heavy atom. The van der Waals surface area contributed by atoms with Crippen LogP contribution in [0.4, 0.5) is 14.9 Å². The Kier molecular flexibility index (Phi) is 4.63. The molecule has 1 amide bonds. The van der Waals surface area contributed by atoms with Gasteiger partial charge >= 0.3 is 6.09 Å². The number of nitrogens with two attached hydrogens (primary N) is 1. The van der Waals surface area contributed by atoms with Crippen molar-refractivity contribution in [3.8, 4) is 0 Å². The van der Waals surface area contributed by atoms with Crippen molar-refractivity contribution in [2.75, 3.05) is 5.73 Å². The number of alkyl carbamates (subject to hydrolysis) is 1. The Balaban J connectivity index is 2.72. The van der Waals surface area contributed by atoms with Gasteiger partial charge in [0.2, 0.25) is 0 Å². The number of nitrogens with one attached hydrogen (secondary N) is 1. The van der Waals surface area contributed by atoms with Crippen LogP contribution in [0, 0.1) is 5.82 Å². The number of rotatable bonds is 3. The maximum atomic E-state index is 13.0. The first-order valence-corrected chi connectivity index (χ1v) is 6.54. The maximum Gasteiger partial charge on any atom is 0.408 e. The Hall–Kier alpha value is -1.78. The van der Waals surface area contributed by atoms with Gasteiger partial charge in [-0.25, -0.2) is 9.18 Å². The zero-order valence-corrected chi connectivity index (χ0v) is 12.7. The number of anilines is 1. The number of nitrogen functional groups attached to an aromatic ring is 1. The number of benzene rings is 1. The minimum atomic E-state index is -0.547. The second-order valence-corrected chi connectivity index (χ2v) is 6.53. The van der Waals surface area contributed by atoms with Gasteiger partial charge < -0.3 is 15.8 Å². The highest BCUT2D eigenvalue weighted by molar-refractivity contribution is 5.68. The zero-order valence-electron chi connectivity index (χ0n) is 12.7. The molecule has 4 nitrogen and oxygen atoms in total. The topological polar surface area (TPSA) is 64.3 Å². The van der Waals surface area contributed by atoms with E-state index >= 15 is 0 Å². The molecular weight excluding hydrogens is 259 g/mol. The minimum absolute atomic E-state index is 0.371. The van der Waals surface area contributed by atoms with Gasteiger partial charge in [-0.2, -0.15) is 0 Å². The van der Waals surface area contributed by atoms with E-state index in [1.165, 1.54) is 12.1 Å². The summed E-state index contributed by atoms with van der Waals surface area (Å²) >= 11 is 0. The fraction of sp³-hybridized carbons (Fsp3) is 0.533. The molecule has 1 aromatic rings. The molecule has 0 aliphatic carbocycles. The molecule has 0 fully saturated rings. The van der Waals surface area contributed by atoms with Crippen LogP contribution in [-0.2, 0) is 11.2 Å². The van der Waals surface area contributed by atoms with Crippen molar-refractivity contribution < 1.29 is 13.9 Å². The number of hydrogen-bond donors (Lipinski definition) is 2. The van der Waals surface area contributed by atoms with Crippen molar-refractivity contribution >= 4 is 11.8 Å². The van der Waals surface area contributed by atoms with Crippen LogP contribution in [-0.4, -0.2) is 17.2 Å². The molecule has 5 heteroatoms. The Labute approximate surface area is 119 Å². The number of hydrogen-bond acceptors (Lipinski definition) is 3. The van der Waals surface area contributed by atoms with Gasteiger partial charge in [-0.1, -0.05) is 6.07 Å². The second kappa shape index (κ2) is 5.69. The Morgan fingerprint density at radius 2 is 1.90 bits per heavy atom. The van der Waals surface area contributed by atoms with E-state index in [1.54, 1.807) is 26.8 Å². The third-order valence-corrected chi connectivity index (χ3v) is 2.58. The summed E-state index contributed by atoms with van der Waals surface area (Å²) in [4.78, 5) is 11.8. The standard InChI is InChI=1S/C15H23FN2O2/c1-14(2,3)20-13(19)18-15(4,5)9-10-6-7-11(16)8-12(10)17/h6-8H,9,17H2,1-5H3,(H,18,19). The summed E-state index contributed by atoms with van der Waals surface area (Å²) in [6.07, 6.45) is 0.00132. The van der Waals surface area contributed by atoms with Crippen LogP contribution in [0.5, 0.6) is 0 Å². The van der Waals surface area contributed by atoms with Crippen LogP contribution in [0.25, 0.3) is 0 Å². The molecule has 0 bridgehead atoms. The summed E-state index contributed by atoms with van der Waals surface area (Å²) in [5.74, 6) is -0.371. The average Bonchev–Trinajstić information content (AvgIpc) is 2.18. The van der Waals surface area contributed by atoms with Gasteiger partial charge in [-0.05, 0) is 58.7 Å². The lowest BCUT2D eigenvalue weighted by Crippen LogP contribution is -2.47. The second-order valence-electron chi connectivity index (χ2n) is 6.53. The lowest BCUT2D eigenvalue weighted by Gasteiger charge is -2.29. The van der Waals surface area contributed by atoms with E-state index in [1.807, 2.05) is 13.8 Å². The summed E-state index contributed by atoms with van der Waals surface area (Å²) in [6, 6.07) is 4.26. The molecule has 1 aromatic carbocycles. The molecule has 0 radical (unpaired) electrons. The van der Waals surface area contributed by atoms with E-state index in [0.717, 1.165) is 5.56 Å². The number of carbonyl (C=O) groups is 1. The van der Waals surface area contributed by atoms with Crippen LogP contribution in [0.15, 0.2) is 18.2 Å². The first kappa shape index (κ1) is 16.3. The molecule has 112 valence electrons. The monoisotopic (exact) mass is 282 g/mol. The average molecular weight is 282 g/mol. The van der Waals surface area contributed by atoms with E-state index in [0.29, 0.717) is 12.1 Å². The van der Waals surface area contributed by atoms with Crippen molar-refractivity contribution in [2.45, 2.75) is 52.2 Å². The molecule has 0 aromatic heterocycles. The smallest absolute Gasteiger partial charge is 0.408 e. The van der Waals surface area contributed by atoms with Crippen LogP contribution < -0.4 is 11.1 Å². The summed E-state index contributed by atoms with van der Waals surface area (Å²) in [6.45, 7) is 9.13. The van der Waals surface area contributed by atoms with Crippen molar-refractivity contribution in [1.29, 1.82) is 0 Å². The van der Waals surface area contributed by atoms with Crippen molar-refractivity contribution in [2.24, 2.45) is 0 Å². The third kappa shape index (κ3) is 5.47. The molecule has 3 N–H and O–H groups in total. The lowest BCUT2D eigenvalue weighted by molar-refractivity contribution is 0.0472. The van der Waals surface area contributed by atoms with Crippen LogP contribution in [0.3, 0.4) is 0 Å². The van der Waals surface area contributed by atoms with Gasteiger partial charge in [0.25, 0.3) is 0 Å². The molecule has 20 heavy (non-hydrogen) atoms. The molecular formula is C15H23FN2O2. The van der Waals surface area contributed by atoms with E-state index < -0.39 is 17.2 Å². The summed E-state index contributed by atoms with van der Waals surface area (Å²) in [5.41, 5.74) is 5.85. The molecule has 0 aliphatic heterocycles. The maximum absolute atomic E-state index is 13.0. The quantitative estimate of drug-likeness (QED) is 0.836. The SMILES string of the molecule is CC(C)(Cc1ccc(F)cc1N)NC(=O)OC(C)(C)C. The van der Waals surface area contributed by atoms with Crippen LogP contribution in [0.1, 0.15) is 40.2 Å². The highest BCUT2D eigenvalue weighted by Crippen LogP contribution is 2.20. The van der Waals surface area contributed by atoms with Crippen LogP contribution in [0.2, 0.25) is 0 Å². The molecule has 0 spiro atoms. The third-order valence-electron chi connectivity index (χ3n) is 2.58. The van der Waals surface area contributed by atoms with Gasteiger partial charge in [0, 0.05) is 11.2 Å². The molecule has 0 saturated carbocycles. The van der Waals surface area contributed by atoms with Gasteiger partial charge in [0.05, 0.1) is 0 Å². The summed E-state index contributed by atoms with van der Waals surface area (Å²) < 4.78 is 18.2. The molecule has 0 aliphatic rings. The molecule has 0 atom stereocenters. The number of ether oxygens (including phenoxy) is 1. The lowest BCUT2D eigenvalue weighted by atomic mass is 9.94.